The number of amides is 4. The normalized spacial score (nSPS) is 24.5. The molecule has 3 heterocycles. The highest BCUT2D eigenvalue weighted by Gasteiger charge is 2.50. The highest BCUT2D eigenvalue weighted by molar-refractivity contribution is 6.23. The molecule has 2 unspecified atom stereocenters. The summed E-state index contributed by atoms with van der Waals surface area (Å²) in [5.74, 6) is -1.39. The van der Waals surface area contributed by atoms with E-state index < -0.39 is 35.5 Å². The third-order valence-electron chi connectivity index (χ3n) is 8.56. The van der Waals surface area contributed by atoms with Crippen LogP contribution in [0.25, 0.3) is 0 Å². The number of rotatable bonds is 9. The molecule has 1 saturated carbocycles. The Morgan fingerprint density at radius 1 is 1.08 bits per heavy atom. The monoisotopic (exact) mass is 497 g/mol. The number of fused-ring (bicyclic) bond motifs is 1. The fourth-order valence-electron chi connectivity index (χ4n) is 7.12. The van der Waals surface area contributed by atoms with E-state index in [4.69, 9.17) is 0 Å². The second kappa shape index (κ2) is 9.69. The van der Waals surface area contributed by atoms with Crippen molar-refractivity contribution in [2.75, 3.05) is 19.6 Å². The summed E-state index contributed by atoms with van der Waals surface area (Å²) in [5, 5.41) is 2.18. The average molecular weight is 498 g/mol. The van der Waals surface area contributed by atoms with Crippen LogP contribution in [0.4, 0.5) is 4.39 Å². The van der Waals surface area contributed by atoms with Gasteiger partial charge in [-0.15, -0.1) is 0 Å². The fourth-order valence-corrected chi connectivity index (χ4v) is 7.12. The van der Waals surface area contributed by atoms with Crippen molar-refractivity contribution in [3.05, 3.63) is 34.6 Å². The van der Waals surface area contributed by atoms with Gasteiger partial charge in [0, 0.05) is 26.1 Å². The Labute approximate surface area is 211 Å². The van der Waals surface area contributed by atoms with Gasteiger partial charge in [-0.05, 0) is 79.9 Å². The van der Waals surface area contributed by atoms with Crippen molar-refractivity contribution in [1.29, 1.82) is 0 Å². The van der Waals surface area contributed by atoms with Crippen LogP contribution >= 0.6 is 0 Å². The summed E-state index contributed by atoms with van der Waals surface area (Å²) in [6.45, 7) is 8.08. The van der Waals surface area contributed by atoms with Gasteiger partial charge in [0.25, 0.3) is 11.8 Å². The van der Waals surface area contributed by atoms with Crippen molar-refractivity contribution < 1.29 is 23.6 Å². The van der Waals surface area contributed by atoms with Gasteiger partial charge in [0.05, 0.1) is 11.1 Å². The highest BCUT2D eigenvalue weighted by atomic mass is 19.1. The van der Waals surface area contributed by atoms with Crippen LogP contribution < -0.4 is 5.32 Å². The number of nitrogens with one attached hydrogen (secondary N) is 1. The number of carbonyl (C=O) groups is 4. The third kappa shape index (κ3) is 4.60. The van der Waals surface area contributed by atoms with E-state index in [2.05, 4.69) is 24.1 Å². The Balaban J connectivity index is 1.19. The number of piperidine rings is 1. The molecule has 194 valence electrons. The van der Waals surface area contributed by atoms with Gasteiger partial charge in [-0.1, -0.05) is 20.3 Å². The number of aryl methyl sites for hydroxylation is 1. The Morgan fingerprint density at radius 2 is 1.78 bits per heavy atom. The molecule has 3 fully saturated rings. The maximum Gasteiger partial charge on any atom is 0.262 e. The first-order valence-electron chi connectivity index (χ1n) is 13.5. The van der Waals surface area contributed by atoms with E-state index >= 15 is 0 Å². The first kappa shape index (κ1) is 25.1. The molecule has 3 aliphatic heterocycles. The predicted octanol–water partition coefficient (Wildman–Crippen LogP) is 3.70. The van der Waals surface area contributed by atoms with Crippen LogP contribution in [0.2, 0.25) is 0 Å². The van der Waals surface area contributed by atoms with Crippen LogP contribution in [0.3, 0.4) is 0 Å². The van der Waals surface area contributed by atoms with Crippen LogP contribution in [0.15, 0.2) is 12.1 Å². The molecule has 5 rings (SSSR count). The minimum absolute atomic E-state index is 0.00756. The Kier molecular flexibility index (Phi) is 6.74. The Hall–Kier alpha value is -2.61. The number of likely N-dealkylation sites (tertiary alicyclic amines) is 1. The first-order chi connectivity index (χ1) is 17.2. The van der Waals surface area contributed by atoms with Gasteiger partial charge in [0.1, 0.15) is 11.9 Å². The minimum Gasteiger partial charge on any atom is -0.302 e. The second-order valence-electron chi connectivity index (χ2n) is 11.7. The van der Waals surface area contributed by atoms with E-state index in [1.807, 2.05) is 0 Å². The summed E-state index contributed by atoms with van der Waals surface area (Å²) >= 11 is 0. The first-order valence-corrected chi connectivity index (χ1v) is 13.5. The van der Waals surface area contributed by atoms with Crippen molar-refractivity contribution in [2.24, 2.45) is 17.3 Å². The number of hydrogen-bond donors (Lipinski definition) is 1. The Bertz CT molecular complexity index is 1090. The van der Waals surface area contributed by atoms with Gasteiger partial charge in [0.2, 0.25) is 11.8 Å². The summed E-state index contributed by atoms with van der Waals surface area (Å²) < 4.78 is 14.9. The number of nitrogens with zero attached hydrogens (tertiary/aromatic N) is 2. The molecule has 1 aromatic rings. The van der Waals surface area contributed by atoms with Crippen molar-refractivity contribution in [2.45, 2.75) is 77.7 Å². The quantitative estimate of drug-likeness (QED) is 0.526. The topological polar surface area (TPSA) is 86.8 Å². The van der Waals surface area contributed by atoms with Gasteiger partial charge in [0.15, 0.2) is 0 Å². The zero-order chi connectivity index (χ0) is 25.6. The molecule has 1 spiro atoms. The van der Waals surface area contributed by atoms with E-state index in [0.29, 0.717) is 23.3 Å². The maximum atomic E-state index is 14.9. The number of benzene rings is 1. The molecule has 1 aromatic carbocycles. The zero-order valence-electron chi connectivity index (χ0n) is 21.3. The Morgan fingerprint density at radius 3 is 2.42 bits per heavy atom. The molecular formula is C28H36FN3O4. The SMILES string of the molecule is CCCC(CCCc1cc2c(cc1F)C(=O)N(C1CCC(=O)NC1=O)C2=O)CN1CC2(CC(C)C2)C1. The van der Waals surface area contributed by atoms with Crippen LogP contribution in [0, 0.1) is 23.1 Å². The number of halogens is 1. The molecule has 0 bridgehead atoms. The van der Waals surface area contributed by atoms with Crippen LogP contribution in [0.5, 0.6) is 0 Å². The molecule has 4 amide bonds. The molecule has 2 saturated heterocycles. The van der Waals surface area contributed by atoms with E-state index in [0.717, 1.165) is 49.1 Å². The van der Waals surface area contributed by atoms with Crippen molar-refractivity contribution in [1.82, 2.24) is 15.1 Å². The summed E-state index contributed by atoms with van der Waals surface area (Å²) in [6.07, 6.45) is 7.46. The predicted molar refractivity (Wildman–Crippen MR) is 132 cm³/mol. The zero-order valence-corrected chi connectivity index (χ0v) is 21.3. The van der Waals surface area contributed by atoms with E-state index in [1.54, 1.807) is 0 Å². The molecule has 1 N–H and O–H groups in total. The second-order valence-corrected chi connectivity index (χ2v) is 11.7. The summed E-state index contributed by atoms with van der Waals surface area (Å²) in [6, 6.07) is 1.59. The molecule has 1 aliphatic carbocycles. The number of carbonyl (C=O) groups excluding carboxylic acids is 4. The van der Waals surface area contributed by atoms with E-state index in [1.165, 1.54) is 32.0 Å². The molecule has 0 aromatic heterocycles. The third-order valence-corrected chi connectivity index (χ3v) is 8.56. The van der Waals surface area contributed by atoms with Gasteiger partial charge in [-0.25, -0.2) is 4.39 Å². The fraction of sp³-hybridized carbons (Fsp3) is 0.643. The van der Waals surface area contributed by atoms with Crippen molar-refractivity contribution in [3.8, 4) is 0 Å². The van der Waals surface area contributed by atoms with E-state index in [-0.39, 0.29) is 24.0 Å². The molecule has 0 radical (unpaired) electrons. The minimum atomic E-state index is -1.04. The van der Waals surface area contributed by atoms with Crippen LogP contribution in [-0.4, -0.2) is 59.1 Å². The lowest BCUT2D eigenvalue weighted by atomic mass is 9.58. The van der Waals surface area contributed by atoms with Crippen molar-refractivity contribution >= 4 is 23.6 Å². The lowest BCUT2D eigenvalue weighted by Crippen LogP contribution is -2.62. The molecule has 8 heteroatoms. The van der Waals surface area contributed by atoms with Crippen molar-refractivity contribution in [3.63, 3.8) is 0 Å². The number of imide groups is 2. The highest BCUT2D eigenvalue weighted by Crippen LogP contribution is 2.51. The average Bonchev–Trinajstić information content (AvgIpc) is 3.01. The van der Waals surface area contributed by atoms with Crippen LogP contribution in [-0.2, 0) is 16.0 Å². The standard InChI is InChI=1S/C28H36FN3O4/c1-3-5-18(14-31-15-28(16-31)12-17(2)13-28)6-4-7-19-10-20-21(11-22(19)29)27(36)32(26(20)35)23-8-9-24(33)30-25(23)34/h10-11,17-18,23H,3-9,12-16H2,1-2H3,(H,30,33,34). The van der Waals surface area contributed by atoms with Gasteiger partial charge < -0.3 is 4.90 Å². The molecule has 4 aliphatic rings. The molecule has 2 atom stereocenters. The lowest BCUT2D eigenvalue weighted by molar-refractivity contribution is -0.136. The van der Waals surface area contributed by atoms with Gasteiger partial charge >= 0.3 is 0 Å². The smallest absolute Gasteiger partial charge is 0.262 e. The van der Waals surface area contributed by atoms with Gasteiger partial charge in [-0.2, -0.15) is 0 Å². The van der Waals surface area contributed by atoms with E-state index in [9.17, 15) is 23.6 Å². The summed E-state index contributed by atoms with van der Waals surface area (Å²) in [7, 11) is 0. The maximum absolute atomic E-state index is 14.9. The lowest BCUT2D eigenvalue weighted by Gasteiger charge is -2.59. The molecular weight excluding hydrogens is 461 g/mol. The van der Waals surface area contributed by atoms with Gasteiger partial charge in [-0.3, -0.25) is 29.4 Å². The number of hydrogen-bond acceptors (Lipinski definition) is 5. The molecule has 7 nitrogen and oxygen atoms in total. The summed E-state index contributed by atoms with van der Waals surface area (Å²) in [4.78, 5) is 53.1. The summed E-state index contributed by atoms with van der Waals surface area (Å²) in [5.41, 5.74) is 1.16. The largest absolute Gasteiger partial charge is 0.302 e. The van der Waals surface area contributed by atoms with Crippen LogP contribution in [0.1, 0.15) is 91.5 Å². The molecule has 36 heavy (non-hydrogen) atoms.